The quantitative estimate of drug-likeness (QED) is 0.696. The van der Waals surface area contributed by atoms with Gasteiger partial charge in [-0.05, 0) is 12.3 Å². The lowest BCUT2D eigenvalue weighted by atomic mass is 10.1. The molecule has 78 valence electrons. The highest BCUT2D eigenvalue weighted by molar-refractivity contribution is 6.18. The van der Waals surface area contributed by atoms with Crippen LogP contribution >= 0.6 is 11.6 Å². The van der Waals surface area contributed by atoms with Crippen molar-refractivity contribution in [3.05, 3.63) is 6.20 Å². The summed E-state index contributed by atoms with van der Waals surface area (Å²) in [6.07, 6.45) is 3.00. The van der Waals surface area contributed by atoms with E-state index in [1.807, 2.05) is 7.05 Å². The first-order valence-electron chi connectivity index (χ1n) is 4.91. The van der Waals surface area contributed by atoms with Gasteiger partial charge in [0, 0.05) is 25.5 Å². The highest BCUT2D eigenvalue weighted by Gasteiger charge is 2.31. The Hall–Kier alpha value is -0.770. The first kappa shape index (κ1) is 9.77. The van der Waals surface area contributed by atoms with E-state index in [1.54, 1.807) is 10.9 Å². The van der Waals surface area contributed by atoms with Gasteiger partial charge in [0.25, 0.3) is 0 Å². The summed E-state index contributed by atoms with van der Waals surface area (Å²) < 4.78 is 1.80. The van der Waals surface area contributed by atoms with Gasteiger partial charge in [0.2, 0.25) is 0 Å². The second-order valence-corrected chi connectivity index (χ2v) is 4.21. The fourth-order valence-electron chi connectivity index (χ4n) is 2.07. The van der Waals surface area contributed by atoms with Gasteiger partial charge in [0.1, 0.15) is 5.82 Å². The van der Waals surface area contributed by atoms with Gasteiger partial charge in [-0.15, -0.1) is 16.7 Å². The Bertz CT molecular complexity index is 312. The number of alkyl halides is 1. The summed E-state index contributed by atoms with van der Waals surface area (Å²) in [5.74, 6) is 2.40. The Balaban J connectivity index is 2.23. The van der Waals surface area contributed by atoms with Gasteiger partial charge in [-0.25, -0.2) is 4.68 Å². The van der Waals surface area contributed by atoms with Gasteiger partial charge >= 0.3 is 0 Å². The number of rotatable bonds is 2. The predicted molar refractivity (Wildman–Crippen MR) is 56.6 cm³/mol. The third kappa shape index (κ3) is 1.47. The van der Waals surface area contributed by atoms with Crippen LogP contribution in [0.5, 0.6) is 0 Å². The zero-order valence-electron chi connectivity index (χ0n) is 8.52. The molecule has 1 aliphatic rings. The van der Waals surface area contributed by atoms with Crippen molar-refractivity contribution < 1.29 is 0 Å². The van der Waals surface area contributed by atoms with Crippen LogP contribution in [-0.4, -0.2) is 33.5 Å². The van der Waals surface area contributed by atoms with Gasteiger partial charge in [-0.1, -0.05) is 12.1 Å². The molecule has 0 spiro atoms. The first-order valence-corrected chi connectivity index (χ1v) is 5.44. The zero-order valence-corrected chi connectivity index (χ0v) is 9.28. The molecule has 1 saturated heterocycles. The smallest absolute Gasteiger partial charge is 0.147 e. The lowest BCUT2D eigenvalue weighted by Gasteiger charge is -2.25. The van der Waals surface area contributed by atoms with Crippen molar-refractivity contribution in [2.24, 2.45) is 13.0 Å². The van der Waals surface area contributed by atoms with Crippen LogP contribution in [0.25, 0.3) is 0 Å². The van der Waals surface area contributed by atoms with Crippen molar-refractivity contribution in [3.8, 4) is 0 Å². The Kier molecular flexibility index (Phi) is 2.63. The normalized spacial score (nSPS) is 27.2. The van der Waals surface area contributed by atoms with E-state index in [-0.39, 0.29) is 0 Å². The Morgan fingerprint density at radius 1 is 1.64 bits per heavy atom. The minimum atomic E-state index is 0.425. The molecule has 14 heavy (non-hydrogen) atoms. The maximum absolute atomic E-state index is 5.97. The molecule has 1 fully saturated rings. The lowest BCUT2D eigenvalue weighted by molar-refractivity contribution is 0.544. The van der Waals surface area contributed by atoms with Gasteiger partial charge in [-0.2, -0.15) is 0 Å². The van der Waals surface area contributed by atoms with Crippen molar-refractivity contribution >= 4 is 17.4 Å². The highest BCUT2D eigenvalue weighted by atomic mass is 35.5. The Morgan fingerprint density at radius 3 is 3.00 bits per heavy atom. The van der Waals surface area contributed by atoms with Crippen molar-refractivity contribution in [3.63, 3.8) is 0 Å². The molecule has 0 amide bonds. The maximum atomic E-state index is 5.97. The fourth-order valence-corrected chi connectivity index (χ4v) is 2.54. The topological polar surface area (TPSA) is 34.0 Å². The minimum absolute atomic E-state index is 0.425. The summed E-state index contributed by atoms with van der Waals surface area (Å²) in [6.45, 7) is 3.30. The van der Waals surface area contributed by atoms with Crippen LogP contribution < -0.4 is 4.90 Å². The zero-order chi connectivity index (χ0) is 10.1. The maximum Gasteiger partial charge on any atom is 0.147 e. The van der Waals surface area contributed by atoms with Crippen LogP contribution in [0.4, 0.5) is 5.82 Å². The van der Waals surface area contributed by atoms with E-state index in [9.17, 15) is 0 Å². The standard InChI is InChI=1S/C9H15ClN4/c1-7-3-4-14(8(7)5-10)9-6-11-12-13(9)2/h6-8H,3-5H2,1-2H3. The number of halogens is 1. The Morgan fingerprint density at radius 2 is 2.43 bits per heavy atom. The summed E-state index contributed by atoms with van der Waals surface area (Å²) in [7, 11) is 1.91. The molecule has 0 bridgehead atoms. The van der Waals surface area contributed by atoms with E-state index in [0.717, 1.165) is 12.4 Å². The van der Waals surface area contributed by atoms with Crippen LogP contribution in [-0.2, 0) is 7.05 Å². The predicted octanol–water partition coefficient (Wildman–Crippen LogP) is 1.27. The average molecular weight is 215 g/mol. The van der Waals surface area contributed by atoms with Crippen LogP contribution in [0.2, 0.25) is 0 Å². The van der Waals surface area contributed by atoms with Crippen molar-refractivity contribution in [1.29, 1.82) is 0 Å². The first-order chi connectivity index (χ1) is 6.74. The van der Waals surface area contributed by atoms with Crippen LogP contribution in [0.1, 0.15) is 13.3 Å². The molecule has 1 aromatic rings. The second-order valence-electron chi connectivity index (χ2n) is 3.90. The number of nitrogens with zero attached hydrogens (tertiary/aromatic N) is 4. The van der Waals surface area contributed by atoms with E-state index in [0.29, 0.717) is 17.8 Å². The molecule has 5 heteroatoms. The summed E-state index contributed by atoms with van der Waals surface area (Å²) in [5, 5.41) is 7.83. The molecule has 2 unspecified atom stereocenters. The van der Waals surface area contributed by atoms with E-state index >= 15 is 0 Å². The average Bonchev–Trinajstić information content (AvgIpc) is 2.71. The molecule has 2 atom stereocenters. The lowest BCUT2D eigenvalue weighted by Crippen LogP contribution is -2.34. The second kappa shape index (κ2) is 3.77. The monoisotopic (exact) mass is 214 g/mol. The number of hydrogen-bond acceptors (Lipinski definition) is 3. The van der Waals surface area contributed by atoms with Crippen molar-refractivity contribution in [2.45, 2.75) is 19.4 Å². The summed E-state index contributed by atoms with van der Waals surface area (Å²) >= 11 is 5.97. The molecule has 4 nitrogen and oxygen atoms in total. The molecule has 1 aliphatic heterocycles. The van der Waals surface area contributed by atoms with E-state index in [4.69, 9.17) is 11.6 Å². The molecule has 1 aromatic heterocycles. The van der Waals surface area contributed by atoms with Gasteiger partial charge in [0.05, 0.1) is 6.20 Å². The van der Waals surface area contributed by atoms with Gasteiger partial charge in [-0.3, -0.25) is 0 Å². The molecule has 0 N–H and O–H groups in total. The Labute approximate surface area is 88.8 Å². The number of aryl methyl sites for hydroxylation is 1. The van der Waals surface area contributed by atoms with E-state index in [1.165, 1.54) is 6.42 Å². The summed E-state index contributed by atoms with van der Waals surface area (Å²) in [4.78, 5) is 2.30. The van der Waals surface area contributed by atoms with Gasteiger partial charge in [0.15, 0.2) is 0 Å². The molecule has 0 radical (unpaired) electrons. The fraction of sp³-hybridized carbons (Fsp3) is 0.778. The van der Waals surface area contributed by atoms with E-state index < -0.39 is 0 Å². The minimum Gasteiger partial charge on any atom is -0.351 e. The molecule has 0 aliphatic carbocycles. The number of hydrogen-bond donors (Lipinski definition) is 0. The molecular weight excluding hydrogens is 200 g/mol. The largest absolute Gasteiger partial charge is 0.351 e. The molecular formula is C9H15ClN4. The van der Waals surface area contributed by atoms with Gasteiger partial charge < -0.3 is 4.90 Å². The molecule has 2 rings (SSSR count). The molecule has 0 aromatic carbocycles. The third-order valence-corrected chi connectivity index (χ3v) is 3.34. The van der Waals surface area contributed by atoms with Crippen molar-refractivity contribution in [2.75, 3.05) is 17.3 Å². The van der Waals surface area contributed by atoms with Crippen molar-refractivity contribution in [1.82, 2.24) is 15.0 Å². The summed E-state index contributed by atoms with van der Waals surface area (Å²) in [6, 6.07) is 0.425. The number of aromatic nitrogens is 3. The highest BCUT2D eigenvalue weighted by Crippen LogP contribution is 2.29. The van der Waals surface area contributed by atoms with Crippen LogP contribution in [0.3, 0.4) is 0 Å². The van der Waals surface area contributed by atoms with Crippen LogP contribution in [0.15, 0.2) is 6.20 Å². The molecule has 2 heterocycles. The summed E-state index contributed by atoms with van der Waals surface area (Å²) in [5.41, 5.74) is 0. The third-order valence-electron chi connectivity index (χ3n) is 3.03. The molecule has 0 saturated carbocycles. The number of anilines is 1. The van der Waals surface area contributed by atoms with E-state index in [2.05, 4.69) is 22.1 Å². The SMILES string of the molecule is CC1CCN(c2cnnn2C)C1CCl. The van der Waals surface area contributed by atoms with Crippen LogP contribution in [0, 0.1) is 5.92 Å².